The second-order valence-corrected chi connectivity index (χ2v) is 6.00. The summed E-state index contributed by atoms with van der Waals surface area (Å²) in [6, 6.07) is 9.80. The highest BCUT2D eigenvalue weighted by Crippen LogP contribution is 2.37. The molecular weight excluding hydrogens is 306 g/mol. The SMILES string of the molecule is C=C(C)Cc1c(SC)nc(N)c(C#N)c1-c1ccc(OC)cc1. The van der Waals surface area contributed by atoms with E-state index < -0.39 is 0 Å². The average molecular weight is 325 g/mol. The van der Waals surface area contributed by atoms with Gasteiger partial charge in [-0.05, 0) is 42.9 Å². The van der Waals surface area contributed by atoms with Gasteiger partial charge in [-0.2, -0.15) is 5.26 Å². The van der Waals surface area contributed by atoms with Gasteiger partial charge in [-0.1, -0.05) is 24.3 Å². The number of nitrogen functional groups attached to an aromatic ring is 1. The van der Waals surface area contributed by atoms with Crippen molar-refractivity contribution in [2.24, 2.45) is 0 Å². The van der Waals surface area contributed by atoms with Crippen LogP contribution in [0.1, 0.15) is 18.1 Å². The fourth-order valence-corrected chi connectivity index (χ4v) is 3.05. The summed E-state index contributed by atoms with van der Waals surface area (Å²) in [4.78, 5) is 4.39. The average Bonchev–Trinajstić information content (AvgIpc) is 2.55. The summed E-state index contributed by atoms with van der Waals surface area (Å²) in [6.07, 6.45) is 2.60. The van der Waals surface area contributed by atoms with Crippen molar-refractivity contribution in [3.05, 3.63) is 47.5 Å². The molecule has 0 radical (unpaired) electrons. The summed E-state index contributed by atoms with van der Waals surface area (Å²) in [7, 11) is 1.62. The molecule has 0 bridgehead atoms. The van der Waals surface area contributed by atoms with E-state index in [4.69, 9.17) is 10.5 Å². The number of ether oxygens (including phenoxy) is 1. The Morgan fingerprint density at radius 3 is 2.52 bits per heavy atom. The van der Waals surface area contributed by atoms with Crippen LogP contribution in [-0.4, -0.2) is 18.3 Å². The molecule has 1 heterocycles. The third kappa shape index (κ3) is 3.49. The van der Waals surface area contributed by atoms with Gasteiger partial charge < -0.3 is 10.5 Å². The fourth-order valence-electron chi connectivity index (χ4n) is 2.44. The Morgan fingerprint density at radius 1 is 1.39 bits per heavy atom. The molecule has 5 heteroatoms. The Labute approximate surface area is 141 Å². The fraction of sp³-hybridized carbons (Fsp3) is 0.222. The lowest BCUT2D eigenvalue weighted by molar-refractivity contribution is 0.415. The molecule has 0 saturated heterocycles. The van der Waals surface area contributed by atoms with Gasteiger partial charge in [-0.15, -0.1) is 11.8 Å². The minimum atomic E-state index is 0.258. The van der Waals surface area contributed by atoms with Gasteiger partial charge in [0.25, 0.3) is 0 Å². The van der Waals surface area contributed by atoms with Crippen LogP contribution in [0.5, 0.6) is 5.75 Å². The molecule has 23 heavy (non-hydrogen) atoms. The molecule has 0 aliphatic carbocycles. The number of anilines is 1. The summed E-state index contributed by atoms with van der Waals surface area (Å²) in [6.45, 7) is 5.96. The lowest BCUT2D eigenvalue weighted by atomic mass is 9.93. The first-order valence-electron chi connectivity index (χ1n) is 7.07. The van der Waals surface area contributed by atoms with Crippen LogP contribution in [0.15, 0.2) is 41.4 Å². The van der Waals surface area contributed by atoms with E-state index in [-0.39, 0.29) is 5.82 Å². The number of hydrogen-bond donors (Lipinski definition) is 1. The molecule has 118 valence electrons. The number of nitriles is 1. The number of thioether (sulfide) groups is 1. The molecule has 4 nitrogen and oxygen atoms in total. The zero-order chi connectivity index (χ0) is 17.0. The maximum Gasteiger partial charge on any atom is 0.143 e. The van der Waals surface area contributed by atoms with Gasteiger partial charge in [0.15, 0.2) is 0 Å². The van der Waals surface area contributed by atoms with Crippen LogP contribution in [0.4, 0.5) is 5.82 Å². The summed E-state index contributed by atoms with van der Waals surface area (Å²) in [5, 5.41) is 10.4. The van der Waals surface area contributed by atoms with Crippen molar-refractivity contribution in [3.63, 3.8) is 0 Å². The number of rotatable bonds is 5. The molecular formula is C18H19N3OS. The van der Waals surface area contributed by atoms with E-state index in [2.05, 4.69) is 17.6 Å². The molecule has 0 unspecified atom stereocenters. The molecule has 0 atom stereocenters. The Morgan fingerprint density at radius 2 is 2.04 bits per heavy atom. The number of hydrogen-bond acceptors (Lipinski definition) is 5. The number of allylic oxidation sites excluding steroid dienone is 1. The second-order valence-electron chi connectivity index (χ2n) is 5.21. The van der Waals surface area contributed by atoms with Gasteiger partial charge in [-0.3, -0.25) is 0 Å². The third-order valence-corrected chi connectivity index (χ3v) is 4.17. The molecule has 1 aromatic carbocycles. The zero-order valence-corrected chi connectivity index (χ0v) is 14.3. The normalized spacial score (nSPS) is 10.2. The monoisotopic (exact) mass is 325 g/mol. The molecule has 1 aromatic heterocycles. The highest BCUT2D eigenvalue weighted by Gasteiger charge is 2.19. The van der Waals surface area contributed by atoms with Crippen LogP contribution in [0.3, 0.4) is 0 Å². The van der Waals surface area contributed by atoms with E-state index in [0.717, 1.165) is 33.0 Å². The molecule has 0 saturated carbocycles. The second kappa shape index (κ2) is 7.21. The quantitative estimate of drug-likeness (QED) is 0.663. The largest absolute Gasteiger partial charge is 0.497 e. The van der Waals surface area contributed by atoms with E-state index >= 15 is 0 Å². The van der Waals surface area contributed by atoms with Crippen LogP contribution in [-0.2, 0) is 6.42 Å². The van der Waals surface area contributed by atoms with E-state index in [0.29, 0.717) is 12.0 Å². The van der Waals surface area contributed by atoms with Crippen molar-refractivity contribution in [1.29, 1.82) is 5.26 Å². The van der Waals surface area contributed by atoms with Crippen LogP contribution < -0.4 is 10.5 Å². The Kier molecular flexibility index (Phi) is 5.30. The van der Waals surface area contributed by atoms with E-state index in [1.807, 2.05) is 37.4 Å². The Balaban J connectivity index is 2.77. The van der Waals surface area contributed by atoms with Crippen LogP contribution in [0.2, 0.25) is 0 Å². The van der Waals surface area contributed by atoms with Crippen molar-refractivity contribution in [2.45, 2.75) is 18.4 Å². The Bertz CT molecular complexity index is 776. The molecule has 0 spiro atoms. The minimum absolute atomic E-state index is 0.258. The summed E-state index contributed by atoms with van der Waals surface area (Å²) in [5.74, 6) is 1.02. The van der Waals surface area contributed by atoms with Crippen molar-refractivity contribution in [2.75, 3.05) is 19.1 Å². The van der Waals surface area contributed by atoms with Gasteiger partial charge in [0.1, 0.15) is 28.2 Å². The molecule has 0 aliphatic rings. The number of methoxy groups -OCH3 is 1. The maximum absolute atomic E-state index is 9.56. The predicted molar refractivity (Wildman–Crippen MR) is 95.7 cm³/mol. The van der Waals surface area contributed by atoms with Gasteiger partial charge in [0.05, 0.1) is 7.11 Å². The number of pyridine rings is 1. The summed E-state index contributed by atoms with van der Waals surface area (Å²) < 4.78 is 5.20. The Hall–Kier alpha value is -2.45. The van der Waals surface area contributed by atoms with Crippen LogP contribution >= 0.6 is 11.8 Å². The van der Waals surface area contributed by atoms with Crippen molar-refractivity contribution in [3.8, 4) is 22.9 Å². The third-order valence-electron chi connectivity index (χ3n) is 3.45. The topological polar surface area (TPSA) is 71.9 Å². The highest BCUT2D eigenvalue weighted by molar-refractivity contribution is 7.98. The molecule has 0 amide bonds. The molecule has 0 aliphatic heterocycles. The van der Waals surface area contributed by atoms with Crippen molar-refractivity contribution >= 4 is 17.6 Å². The molecule has 0 fully saturated rings. The van der Waals surface area contributed by atoms with E-state index in [9.17, 15) is 5.26 Å². The maximum atomic E-state index is 9.56. The number of nitrogens with two attached hydrogens (primary N) is 1. The van der Waals surface area contributed by atoms with Crippen LogP contribution in [0.25, 0.3) is 11.1 Å². The standard InChI is InChI=1S/C18H19N3OS/c1-11(2)9-14-16(12-5-7-13(22-3)8-6-12)15(10-19)17(20)21-18(14)23-4/h5-8H,1,9H2,2-4H3,(H2,20,21). The first-order valence-corrected chi connectivity index (χ1v) is 8.29. The van der Waals surface area contributed by atoms with Gasteiger partial charge in [0.2, 0.25) is 0 Å². The summed E-state index contributed by atoms with van der Waals surface area (Å²) in [5.41, 5.74) is 10.2. The lowest BCUT2D eigenvalue weighted by Crippen LogP contribution is -2.05. The molecule has 2 N–H and O–H groups in total. The van der Waals surface area contributed by atoms with Crippen molar-refractivity contribution in [1.82, 2.24) is 4.98 Å². The smallest absolute Gasteiger partial charge is 0.143 e. The van der Waals surface area contributed by atoms with Gasteiger partial charge >= 0.3 is 0 Å². The van der Waals surface area contributed by atoms with E-state index in [1.165, 1.54) is 11.8 Å². The molecule has 2 aromatic rings. The lowest BCUT2D eigenvalue weighted by Gasteiger charge is -2.17. The van der Waals surface area contributed by atoms with Gasteiger partial charge in [-0.25, -0.2) is 4.98 Å². The molecule has 2 rings (SSSR count). The number of aromatic nitrogens is 1. The first kappa shape index (κ1) is 16.9. The minimum Gasteiger partial charge on any atom is -0.497 e. The van der Waals surface area contributed by atoms with Crippen LogP contribution in [0, 0.1) is 11.3 Å². The first-order chi connectivity index (χ1) is 11.0. The van der Waals surface area contributed by atoms with Gasteiger partial charge in [0, 0.05) is 5.56 Å². The number of benzene rings is 1. The van der Waals surface area contributed by atoms with E-state index in [1.54, 1.807) is 7.11 Å². The summed E-state index contributed by atoms with van der Waals surface area (Å²) >= 11 is 1.52. The van der Waals surface area contributed by atoms with Crippen molar-refractivity contribution < 1.29 is 4.74 Å². The number of nitrogens with zero attached hydrogens (tertiary/aromatic N) is 2. The zero-order valence-electron chi connectivity index (χ0n) is 13.5. The highest BCUT2D eigenvalue weighted by atomic mass is 32.2. The predicted octanol–water partition coefficient (Wildman–Crippen LogP) is 4.05.